The highest BCUT2D eigenvalue weighted by atomic mass is 79.9. The quantitative estimate of drug-likeness (QED) is 0.275. The van der Waals surface area contributed by atoms with Gasteiger partial charge < -0.3 is 16.2 Å². The number of hydrogen-bond acceptors (Lipinski definition) is 4. The van der Waals surface area contributed by atoms with Crippen molar-refractivity contribution in [3.63, 3.8) is 0 Å². The molecule has 1 rings (SSSR count). The van der Waals surface area contributed by atoms with Crippen LogP contribution >= 0.6 is 31.9 Å². The zero-order chi connectivity index (χ0) is 13.7. The maximum Gasteiger partial charge on any atom is 0.308 e. The topological polar surface area (TPSA) is 103 Å². The average Bonchev–Trinajstić information content (AvgIpc) is 2.22. The predicted molar refractivity (Wildman–Crippen MR) is 76.6 cm³/mol. The van der Waals surface area contributed by atoms with Gasteiger partial charge in [0.15, 0.2) is 5.75 Å². The van der Waals surface area contributed by atoms with E-state index in [4.69, 9.17) is 16.2 Å². The van der Waals surface area contributed by atoms with Crippen LogP contribution in [0.4, 0.5) is 0 Å². The number of carbonyl (C=O) groups excluding carboxylic acids is 1. The van der Waals surface area contributed by atoms with Crippen LogP contribution in [0.1, 0.15) is 12.5 Å². The van der Waals surface area contributed by atoms with Crippen molar-refractivity contribution in [2.75, 3.05) is 0 Å². The molecule has 0 aromatic heterocycles. The summed E-state index contributed by atoms with van der Waals surface area (Å²) in [5, 5.41) is 7.15. The maximum absolute atomic E-state index is 10.9. The second-order valence-corrected chi connectivity index (χ2v) is 4.89. The number of esters is 1. The molecule has 0 unspecified atom stereocenters. The van der Waals surface area contributed by atoms with Crippen molar-refractivity contribution in [1.29, 1.82) is 0 Å². The van der Waals surface area contributed by atoms with Crippen molar-refractivity contribution in [3.05, 3.63) is 26.6 Å². The second kappa shape index (κ2) is 6.50. The lowest BCUT2D eigenvalue weighted by atomic mass is 10.2. The number of benzene rings is 1. The lowest BCUT2D eigenvalue weighted by Crippen LogP contribution is -2.21. The monoisotopic (exact) mass is 376 g/mol. The summed E-state index contributed by atoms with van der Waals surface area (Å²) in [6.45, 7) is 1.33. The van der Waals surface area contributed by atoms with E-state index in [0.29, 0.717) is 14.7 Å². The number of ether oxygens (including phenoxy) is 1. The lowest BCUT2D eigenvalue weighted by Gasteiger charge is -2.07. The molecule has 0 atom stereocenters. The van der Waals surface area contributed by atoms with Gasteiger partial charge in [0.1, 0.15) is 0 Å². The van der Waals surface area contributed by atoms with Crippen LogP contribution in [0, 0.1) is 0 Å². The van der Waals surface area contributed by atoms with Crippen molar-refractivity contribution in [1.82, 2.24) is 0 Å². The zero-order valence-electron chi connectivity index (χ0n) is 9.35. The van der Waals surface area contributed by atoms with Gasteiger partial charge in [0, 0.05) is 6.92 Å². The summed E-state index contributed by atoms with van der Waals surface area (Å²) in [7, 11) is 0. The Bertz CT molecular complexity index is 502. The summed E-state index contributed by atoms with van der Waals surface area (Å²) in [6.07, 6.45) is 1.47. The molecule has 0 aliphatic carbocycles. The molecule has 0 spiro atoms. The molecule has 0 aliphatic heterocycles. The summed E-state index contributed by atoms with van der Waals surface area (Å²) in [4.78, 5) is 10.9. The van der Waals surface area contributed by atoms with E-state index in [1.54, 1.807) is 12.1 Å². The first-order valence-corrected chi connectivity index (χ1v) is 6.28. The summed E-state index contributed by atoms with van der Waals surface area (Å²) in [6, 6.07) is 3.43. The maximum atomic E-state index is 10.9. The van der Waals surface area contributed by atoms with Gasteiger partial charge in [0.05, 0.1) is 15.2 Å². The summed E-state index contributed by atoms with van der Waals surface area (Å²) < 4.78 is 6.25. The van der Waals surface area contributed by atoms with Gasteiger partial charge in [-0.15, -0.1) is 5.10 Å². The van der Waals surface area contributed by atoms with Gasteiger partial charge in [0.25, 0.3) is 0 Å². The molecule has 96 valence electrons. The molecule has 4 N–H and O–H groups in total. The SMILES string of the molecule is CC(=O)Oc1c(Br)cc(C=NN=C(N)N)cc1Br. The number of halogens is 2. The van der Waals surface area contributed by atoms with Gasteiger partial charge in [0.2, 0.25) is 5.96 Å². The fourth-order valence-corrected chi connectivity index (χ4v) is 2.44. The second-order valence-electron chi connectivity index (χ2n) is 3.18. The highest BCUT2D eigenvalue weighted by molar-refractivity contribution is 9.11. The average molecular weight is 378 g/mol. The smallest absolute Gasteiger partial charge is 0.308 e. The van der Waals surface area contributed by atoms with E-state index in [0.717, 1.165) is 5.56 Å². The molecule has 0 saturated carbocycles. The van der Waals surface area contributed by atoms with Crippen molar-refractivity contribution < 1.29 is 9.53 Å². The normalized spacial score (nSPS) is 10.4. The Labute approximate surface area is 120 Å². The molecule has 0 heterocycles. The first-order chi connectivity index (χ1) is 8.40. The fraction of sp³-hybridized carbons (Fsp3) is 0.100. The lowest BCUT2D eigenvalue weighted by molar-refractivity contribution is -0.131. The highest BCUT2D eigenvalue weighted by Crippen LogP contribution is 2.34. The molecule has 18 heavy (non-hydrogen) atoms. The molecule has 1 aromatic rings. The zero-order valence-corrected chi connectivity index (χ0v) is 12.5. The Morgan fingerprint density at radius 1 is 1.33 bits per heavy atom. The van der Waals surface area contributed by atoms with Crippen molar-refractivity contribution in [3.8, 4) is 5.75 Å². The van der Waals surface area contributed by atoms with Crippen LogP contribution < -0.4 is 16.2 Å². The third-order valence-corrected chi connectivity index (χ3v) is 2.82. The predicted octanol–water partition coefficient (Wildman–Crippen LogP) is 1.74. The van der Waals surface area contributed by atoms with Gasteiger partial charge in [-0.2, -0.15) is 5.10 Å². The number of rotatable bonds is 3. The van der Waals surface area contributed by atoms with E-state index in [1.807, 2.05) is 0 Å². The van der Waals surface area contributed by atoms with Gasteiger partial charge in [-0.05, 0) is 49.6 Å². The van der Waals surface area contributed by atoms with E-state index >= 15 is 0 Å². The Morgan fingerprint density at radius 2 is 1.89 bits per heavy atom. The molecule has 0 aliphatic rings. The van der Waals surface area contributed by atoms with Crippen LogP contribution in [-0.4, -0.2) is 18.1 Å². The Morgan fingerprint density at radius 3 is 2.33 bits per heavy atom. The molecule has 0 amide bonds. The summed E-state index contributed by atoms with van der Waals surface area (Å²) in [5.41, 5.74) is 11.0. The van der Waals surface area contributed by atoms with E-state index in [2.05, 4.69) is 42.1 Å². The van der Waals surface area contributed by atoms with Gasteiger partial charge in [-0.25, -0.2) is 0 Å². The minimum Gasteiger partial charge on any atom is -0.424 e. The van der Waals surface area contributed by atoms with Crippen LogP contribution in [0.3, 0.4) is 0 Å². The van der Waals surface area contributed by atoms with Crippen molar-refractivity contribution >= 4 is 50.0 Å². The van der Waals surface area contributed by atoms with Gasteiger partial charge >= 0.3 is 5.97 Å². The number of guanidine groups is 1. The van der Waals surface area contributed by atoms with Crippen molar-refractivity contribution in [2.45, 2.75) is 6.92 Å². The minimum absolute atomic E-state index is 0.124. The fourth-order valence-electron chi connectivity index (χ4n) is 1.06. The van der Waals surface area contributed by atoms with Gasteiger partial charge in [-0.3, -0.25) is 4.79 Å². The molecular weight excluding hydrogens is 368 g/mol. The molecule has 0 fully saturated rings. The van der Waals surface area contributed by atoms with E-state index in [-0.39, 0.29) is 5.96 Å². The van der Waals surface area contributed by atoms with Crippen LogP contribution in [0.25, 0.3) is 0 Å². The number of hydrogen-bond donors (Lipinski definition) is 2. The van der Waals surface area contributed by atoms with Crippen LogP contribution in [0.2, 0.25) is 0 Å². The van der Waals surface area contributed by atoms with E-state index in [1.165, 1.54) is 13.1 Å². The number of nitrogens with zero attached hydrogens (tertiary/aromatic N) is 2. The van der Waals surface area contributed by atoms with Crippen LogP contribution in [0.5, 0.6) is 5.75 Å². The van der Waals surface area contributed by atoms with E-state index < -0.39 is 5.97 Å². The standard InChI is InChI=1S/C10H10Br2N4O2/c1-5(17)18-9-7(11)2-6(3-8(9)12)4-15-16-10(13)14/h2-4H,1H3,(H4,13,14,16). The third kappa shape index (κ3) is 4.46. The Kier molecular flexibility index (Phi) is 5.29. The molecule has 1 aromatic carbocycles. The molecular formula is C10H10Br2N4O2. The van der Waals surface area contributed by atoms with Crippen LogP contribution in [0.15, 0.2) is 31.3 Å². The van der Waals surface area contributed by atoms with Gasteiger partial charge in [-0.1, -0.05) is 0 Å². The molecule has 8 heteroatoms. The number of carbonyl (C=O) groups is 1. The largest absolute Gasteiger partial charge is 0.424 e. The Hall–Kier alpha value is -1.41. The molecule has 0 saturated heterocycles. The van der Waals surface area contributed by atoms with Crippen molar-refractivity contribution in [2.24, 2.45) is 21.7 Å². The minimum atomic E-state index is -0.404. The highest BCUT2D eigenvalue weighted by Gasteiger charge is 2.10. The number of nitrogens with two attached hydrogens (primary N) is 2. The van der Waals surface area contributed by atoms with E-state index in [9.17, 15) is 4.79 Å². The molecule has 0 bridgehead atoms. The summed E-state index contributed by atoms with van der Waals surface area (Å²) >= 11 is 6.59. The first kappa shape index (κ1) is 14.7. The Balaban J connectivity index is 3.03. The molecule has 0 radical (unpaired) electrons. The molecule has 6 nitrogen and oxygen atoms in total. The first-order valence-electron chi connectivity index (χ1n) is 4.69. The summed E-state index contributed by atoms with van der Waals surface area (Å²) in [5.74, 6) is -0.124. The van der Waals surface area contributed by atoms with Crippen LogP contribution in [-0.2, 0) is 4.79 Å². The third-order valence-electron chi connectivity index (χ3n) is 1.65.